The molecular weight excluding hydrogens is 224 g/mol. The number of hydrogen-bond donors (Lipinski definition) is 1. The number of likely N-dealkylation sites (tertiary alicyclic amines) is 1. The maximum atomic E-state index is 12.1. The SMILES string of the molecule is Cl.O=C(CC1CCCN1)N1CC2CCC1C2. The van der Waals surface area contributed by atoms with Gasteiger partial charge < -0.3 is 10.2 Å². The number of fused-ring (bicyclic) bond motifs is 2. The Morgan fingerprint density at radius 1 is 1.31 bits per heavy atom. The topological polar surface area (TPSA) is 32.3 Å². The van der Waals surface area contributed by atoms with Crippen molar-refractivity contribution in [3.63, 3.8) is 0 Å². The molecule has 1 aliphatic carbocycles. The second-order valence-corrected chi connectivity index (χ2v) is 5.38. The number of piperidine rings is 1. The Kier molecular flexibility index (Phi) is 3.75. The number of carbonyl (C=O) groups is 1. The van der Waals surface area contributed by atoms with E-state index in [2.05, 4.69) is 10.2 Å². The first kappa shape index (κ1) is 12.2. The number of nitrogens with zero attached hydrogens (tertiary/aromatic N) is 1. The van der Waals surface area contributed by atoms with Crippen molar-refractivity contribution < 1.29 is 4.79 Å². The second kappa shape index (κ2) is 4.92. The summed E-state index contributed by atoms with van der Waals surface area (Å²) in [6.45, 7) is 2.15. The maximum Gasteiger partial charge on any atom is 0.224 e. The molecule has 3 aliphatic rings. The smallest absolute Gasteiger partial charge is 0.224 e. The second-order valence-electron chi connectivity index (χ2n) is 5.38. The molecule has 2 bridgehead atoms. The van der Waals surface area contributed by atoms with Gasteiger partial charge in [-0.25, -0.2) is 0 Å². The molecule has 3 atom stereocenters. The zero-order chi connectivity index (χ0) is 10.3. The summed E-state index contributed by atoms with van der Waals surface area (Å²) in [5, 5.41) is 3.41. The fraction of sp³-hybridized carbons (Fsp3) is 0.917. The molecule has 3 unspecified atom stereocenters. The minimum Gasteiger partial charge on any atom is -0.339 e. The average molecular weight is 245 g/mol. The lowest BCUT2D eigenvalue weighted by molar-refractivity contribution is -0.133. The summed E-state index contributed by atoms with van der Waals surface area (Å²) < 4.78 is 0. The van der Waals surface area contributed by atoms with Crippen LogP contribution in [0.1, 0.15) is 38.5 Å². The Balaban J connectivity index is 0.000000963. The number of halogens is 1. The van der Waals surface area contributed by atoms with Crippen molar-refractivity contribution in [1.82, 2.24) is 10.2 Å². The molecule has 2 aliphatic heterocycles. The average Bonchev–Trinajstić information content (AvgIpc) is 2.93. The largest absolute Gasteiger partial charge is 0.339 e. The van der Waals surface area contributed by atoms with Crippen LogP contribution >= 0.6 is 12.4 Å². The van der Waals surface area contributed by atoms with Crippen LogP contribution in [0.4, 0.5) is 0 Å². The lowest BCUT2D eigenvalue weighted by atomic mass is 10.1. The highest BCUT2D eigenvalue weighted by atomic mass is 35.5. The van der Waals surface area contributed by atoms with Crippen molar-refractivity contribution in [3.8, 4) is 0 Å². The lowest BCUT2D eigenvalue weighted by Crippen LogP contribution is -2.40. The molecule has 16 heavy (non-hydrogen) atoms. The predicted molar refractivity (Wildman–Crippen MR) is 65.7 cm³/mol. The van der Waals surface area contributed by atoms with Crippen molar-refractivity contribution in [1.29, 1.82) is 0 Å². The van der Waals surface area contributed by atoms with E-state index >= 15 is 0 Å². The number of nitrogens with one attached hydrogen (secondary N) is 1. The molecule has 3 fully saturated rings. The zero-order valence-electron chi connectivity index (χ0n) is 9.65. The third kappa shape index (κ3) is 2.21. The van der Waals surface area contributed by atoms with E-state index in [1.807, 2.05) is 0 Å². The molecule has 2 saturated heterocycles. The van der Waals surface area contributed by atoms with Gasteiger partial charge in [-0.3, -0.25) is 4.79 Å². The van der Waals surface area contributed by atoms with E-state index < -0.39 is 0 Å². The standard InChI is InChI=1S/C12H20N2O.ClH/c15-12(7-10-2-1-5-13-10)14-8-9-3-4-11(14)6-9;/h9-11,13H,1-8H2;1H. The predicted octanol–water partition coefficient (Wildman–Crippen LogP) is 1.56. The molecule has 2 heterocycles. The molecule has 92 valence electrons. The molecule has 0 aromatic carbocycles. The third-order valence-electron chi connectivity index (χ3n) is 4.31. The van der Waals surface area contributed by atoms with E-state index in [9.17, 15) is 4.79 Å². The quantitative estimate of drug-likeness (QED) is 0.800. The van der Waals surface area contributed by atoms with E-state index in [1.54, 1.807) is 0 Å². The Bertz CT molecular complexity index is 266. The molecule has 0 aromatic rings. The molecular formula is C12H21ClN2O. The maximum absolute atomic E-state index is 12.1. The molecule has 4 heteroatoms. The van der Waals surface area contributed by atoms with E-state index in [-0.39, 0.29) is 12.4 Å². The van der Waals surface area contributed by atoms with Crippen LogP contribution in [0.5, 0.6) is 0 Å². The van der Waals surface area contributed by atoms with Gasteiger partial charge in [-0.1, -0.05) is 0 Å². The van der Waals surface area contributed by atoms with E-state index in [0.29, 0.717) is 18.0 Å². The molecule has 3 rings (SSSR count). The van der Waals surface area contributed by atoms with Crippen LogP contribution < -0.4 is 5.32 Å². The first-order valence-corrected chi connectivity index (χ1v) is 6.36. The van der Waals surface area contributed by atoms with Crippen molar-refractivity contribution >= 4 is 18.3 Å². The highest BCUT2D eigenvalue weighted by Crippen LogP contribution is 2.37. The lowest BCUT2D eigenvalue weighted by Gasteiger charge is -2.28. The van der Waals surface area contributed by atoms with Gasteiger partial charge in [-0.05, 0) is 44.6 Å². The zero-order valence-corrected chi connectivity index (χ0v) is 10.5. The van der Waals surface area contributed by atoms with Crippen molar-refractivity contribution in [2.75, 3.05) is 13.1 Å². The summed E-state index contributed by atoms with van der Waals surface area (Å²) in [7, 11) is 0. The number of carbonyl (C=O) groups excluding carboxylic acids is 1. The van der Waals surface area contributed by atoms with Crippen LogP contribution in [0.3, 0.4) is 0 Å². The Hall–Kier alpha value is -0.280. The molecule has 0 spiro atoms. The van der Waals surface area contributed by atoms with Crippen LogP contribution in [0.25, 0.3) is 0 Å². The summed E-state index contributed by atoms with van der Waals surface area (Å²) in [5.41, 5.74) is 0. The van der Waals surface area contributed by atoms with Gasteiger partial charge in [-0.15, -0.1) is 12.4 Å². The van der Waals surface area contributed by atoms with Crippen LogP contribution in [0, 0.1) is 5.92 Å². The van der Waals surface area contributed by atoms with E-state index in [1.165, 1.54) is 32.1 Å². The van der Waals surface area contributed by atoms with Gasteiger partial charge in [0.05, 0.1) is 0 Å². The summed E-state index contributed by atoms with van der Waals surface area (Å²) in [4.78, 5) is 14.2. The van der Waals surface area contributed by atoms with Crippen LogP contribution in [-0.2, 0) is 4.79 Å². The highest BCUT2D eigenvalue weighted by molar-refractivity contribution is 5.85. The Morgan fingerprint density at radius 3 is 2.75 bits per heavy atom. The van der Waals surface area contributed by atoms with E-state index in [4.69, 9.17) is 0 Å². The number of amides is 1. The summed E-state index contributed by atoms with van der Waals surface area (Å²) in [6.07, 6.45) is 7.06. The summed E-state index contributed by atoms with van der Waals surface area (Å²) in [5.74, 6) is 1.23. The molecule has 0 radical (unpaired) electrons. The number of hydrogen-bond acceptors (Lipinski definition) is 2. The molecule has 1 amide bonds. The highest BCUT2D eigenvalue weighted by Gasteiger charge is 2.40. The van der Waals surface area contributed by atoms with Gasteiger partial charge in [-0.2, -0.15) is 0 Å². The van der Waals surface area contributed by atoms with E-state index in [0.717, 1.165) is 25.4 Å². The third-order valence-corrected chi connectivity index (χ3v) is 4.31. The van der Waals surface area contributed by atoms with Crippen LogP contribution in [-0.4, -0.2) is 36.0 Å². The van der Waals surface area contributed by atoms with Gasteiger partial charge >= 0.3 is 0 Å². The normalized spacial score (nSPS) is 36.5. The van der Waals surface area contributed by atoms with Crippen molar-refractivity contribution in [2.24, 2.45) is 5.92 Å². The first-order valence-electron chi connectivity index (χ1n) is 6.36. The van der Waals surface area contributed by atoms with Crippen LogP contribution in [0.15, 0.2) is 0 Å². The van der Waals surface area contributed by atoms with Gasteiger partial charge in [0, 0.05) is 25.0 Å². The molecule has 1 saturated carbocycles. The first-order chi connectivity index (χ1) is 7.33. The molecule has 1 N–H and O–H groups in total. The van der Waals surface area contributed by atoms with Gasteiger partial charge in [0.1, 0.15) is 0 Å². The molecule has 3 nitrogen and oxygen atoms in total. The fourth-order valence-corrected chi connectivity index (χ4v) is 3.49. The minimum atomic E-state index is 0. The van der Waals surface area contributed by atoms with Gasteiger partial charge in [0.25, 0.3) is 0 Å². The number of rotatable bonds is 2. The fourth-order valence-electron chi connectivity index (χ4n) is 3.49. The summed E-state index contributed by atoms with van der Waals surface area (Å²) >= 11 is 0. The Labute approximate surface area is 103 Å². The van der Waals surface area contributed by atoms with Crippen molar-refractivity contribution in [2.45, 2.75) is 50.6 Å². The molecule has 0 aromatic heterocycles. The minimum absolute atomic E-state index is 0. The van der Waals surface area contributed by atoms with Gasteiger partial charge in [0.2, 0.25) is 5.91 Å². The van der Waals surface area contributed by atoms with Gasteiger partial charge in [0.15, 0.2) is 0 Å². The Morgan fingerprint density at radius 2 is 2.19 bits per heavy atom. The van der Waals surface area contributed by atoms with Crippen LogP contribution in [0.2, 0.25) is 0 Å². The monoisotopic (exact) mass is 244 g/mol. The van der Waals surface area contributed by atoms with Crippen molar-refractivity contribution in [3.05, 3.63) is 0 Å². The summed E-state index contributed by atoms with van der Waals surface area (Å²) in [6, 6.07) is 1.07.